The highest BCUT2D eigenvalue weighted by atomic mass is 35.5. The summed E-state index contributed by atoms with van der Waals surface area (Å²) in [6.45, 7) is 4.77. The van der Waals surface area contributed by atoms with Crippen LogP contribution in [0.4, 0.5) is 10.5 Å². The van der Waals surface area contributed by atoms with Gasteiger partial charge in [0.25, 0.3) is 5.91 Å². The van der Waals surface area contributed by atoms with Gasteiger partial charge in [-0.05, 0) is 32.9 Å². The highest BCUT2D eigenvalue weighted by molar-refractivity contribution is 8.16. The molecular formula is C18H21Cl2N3O5S2. The fourth-order valence-electron chi connectivity index (χ4n) is 3.15. The molecule has 8 nitrogen and oxygen atoms in total. The second kappa shape index (κ2) is 8.57. The number of aliphatic imine (C=N–C) groups is 1. The average Bonchev–Trinajstić information content (AvgIpc) is 3.03. The van der Waals surface area contributed by atoms with Crippen LogP contribution in [0.2, 0.25) is 10.0 Å². The molecule has 2 aliphatic heterocycles. The van der Waals surface area contributed by atoms with Crippen molar-refractivity contribution in [2.45, 2.75) is 37.7 Å². The molecular weight excluding hydrogens is 473 g/mol. The molecule has 2 heterocycles. The van der Waals surface area contributed by atoms with Crippen LogP contribution in [0.3, 0.4) is 0 Å². The Balaban J connectivity index is 1.84. The Hall–Kier alpha value is -1.49. The SMILES string of the molecule is CC(C)(C)OC(=O)NCC(=O)N=C1SC2CS(=O)(=O)CC2N1c1c(Cl)cccc1Cl. The summed E-state index contributed by atoms with van der Waals surface area (Å²) in [6, 6.07) is 4.50. The second-order valence-corrected chi connectivity index (χ2v) is 12.1. The third-order valence-corrected chi connectivity index (χ3v) is 8.07. The first-order chi connectivity index (χ1) is 13.9. The number of ether oxygens (including phenoxy) is 1. The number of hydrogen-bond donors (Lipinski definition) is 1. The number of anilines is 1. The van der Waals surface area contributed by atoms with Crippen LogP contribution in [0.25, 0.3) is 0 Å². The van der Waals surface area contributed by atoms with Crippen molar-refractivity contribution in [3.05, 3.63) is 28.2 Å². The summed E-state index contributed by atoms with van der Waals surface area (Å²) in [5, 5.41) is 3.00. The number of carbonyl (C=O) groups excluding carboxylic acids is 2. The van der Waals surface area contributed by atoms with Crippen LogP contribution in [0.1, 0.15) is 20.8 Å². The molecule has 3 rings (SSSR count). The summed E-state index contributed by atoms with van der Waals surface area (Å²) in [7, 11) is -3.23. The number of para-hydroxylation sites is 1. The molecule has 0 aliphatic carbocycles. The number of carbonyl (C=O) groups is 2. The van der Waals surface area contributed by atoms with Crippen molar-refractivity contribution in [3.8, 4) is 0 Å². The van der Waals surface area contributed by atoms with E-state index in [9.17, 15) is 18.0 Å². The van der Waals surface area contributed by atoms with Crippen LogP contribution in [-0.2, 0) is 19.4 Å². The standard InChI is InChI=1S/C18H21Cl2N3O5S2/c1-18(2,3)28-17(25)21-7-14(24)22-16-23(15-10(19)5-4-6-11(15)20)12-8-30(26,27)9-13(12)29-16/h4-6,12-13H,7-9H2,1-3H3,(H,21,25). The summed E-state index contributed by atoms with van der Waals surface area (Å²) in [6.07, 6.45) is -0.732. The Morgan fingerprint density at radius 2 is 1.90 bits per heavy atom. The predicted molar refractivity (Wildman–Crippen MR) is 119 cm³/mol. The first-order valence-electron chi connectivity index (χ1n) is 9.05. The third-order valence-electron chi connectivity index (χ3n) is 4.25. The van der Waals surface area contributed by atoms with Crippen LogP contribution < -0.4 is 10.2 Å². The molecule has 2 atom stereocenters. The number of fused-ring (bicyclic) bond motifs is 1. The van der Waals surface area contributed by atoms with Gasteiger partial charge in [0.05, 0.1) is 33.3 Å². The van der Waals surface area contributed by atoms with Gasteiger partial charge in [0.2, 0.25) is 0 Å². The lowest BCUT2D eigenvalue weighted by Gasteiger charge is -2.26. The number of thioether (sulfide) groups is 1. The lowest BCUT2D eigenvalue weighted by molar-refractivity contribution is -0.117. The van der Waals surface area contributed by atoms with E-state index in [1.807, 2.05) is 0 Å². The average molecular weight is 494 g/mol. The van der Waals surface area contributed by atoms with Gasteiger partial charge in [-0.1, -0.05) is 41.0 Å². The fourth-order valence-corrected chi connectivity index (χ4v) is 7.65. The van der Waals surface area contributed by atoms with Crippen molar-refractivity contribution >= 4 is 67.7 Å². The number of amides is 2. The van der Waals surface area contributed by atoms with Crippen molar-refractivity contribution in [1.82, 2.24) is 5.32 Å². The summed E-state index contributed by atoms with van der Waals surface area (Å²) >= 11 is 13.9. The molecule has 0 radical (unpaired) electrons. The zero-order valence-electron chi connectivity index (χ0n) is 16.5. The van der Waals surface area contributed by atoms with E-state index in [1.54, 1.807) is 43.9 Å². The van der Waals surface area contributed by atoms with Crippen LogP contribution in [0.5, 0.6) is 0 Å². The minimum atomic E-state index is -3.23. The minimum Gasteiger partial charge on any atom is -0.444 e. The summed E-state index contributed by atoms with van der Waals surface area (Å²) < 4.78 is 29.4. The third kappa shape index (κ3) is 5.40. The molecule has 2 saturated heterocycles. The quantitative estimate of drug-likeness (QED) is 0.689. The second-order valence-electron chi connectivity index (χ2n) is 7.88. The lowest BCUT2D eigenvalue weighted by Crippen LogP contribution is -2.39. The smallest absolute Gasteiger partial charge is 0.408 e. The highest BCUT2D eigenvalue weighted by Gasteiger charge is 2.50. The van der Waals surface area contributed by atoms with Crippen LogP contribution in [0, 0.1) is 0 Å². The molecule has 1 aromatic rings. The molecule has 1 aromatic carbocycles. The van der Waals surface area contributed by atoms with Crippen LogP contribution >= 0.6 is 35.0 Å². The maximum Gasteiger partial charge on any atom is 0.408 e. The van der Waals surface area contributed by atoms with E-state index in [-0.39, 0.29) is 23.3 Å². The van der Waals surface area contributed by atoms with E-state index in [0.717, 1.165) is 0 Å². The molecule has 0 spiro atoms. The number of benzene rings is 1. The number of nitrogens with zero attached hydrogens (tertiary/aromatic N) is 2. The number of sulfone groups is 1. The Kier molecular flexibility index (Phi) is 6.62. The van der Waals surface area contributed by atoms with Gasteiger partial charge in [0, 0.05) is 5.25 Å². The zero-order chi connectivity index (χ0) is 22.3. The Morgan fingerprint density at radius 1 is 1.27 bits per heavy atom. The van der Waals surface area contributed by atoms with Crippen molar-refractivity contribution in [1.29, 1.82) is 0 Å². The summed E-state index contributed by atoms with van der Waals surface area (Å²) in [4.78, 5) is 29.9. The molecule has 2 fully saturated rings. The van der Waals surface area contributed by atoms with E-state index < -0.39 is 33.5 Å². The Labute approximate surface area is 189 Å². The Bertz CT molecular complexity index is 987. The van der Waals surface area contributed by atoms with Crippen molar-refractivity contribution in [2.75, 3.05) is 23.0 Å². The van der Waals surface area contributed by atoms with E-state index in [4.69, 9.17) is 27.9 Å². The zero-order valence-corrected chi connectivity index (χ0v) is 19.7. The maximum atomic E-state index is 12.4. The number of nitrogens with one attached hydrogen (secondary N) is 1. The number of halogens is 2. The molecule has 0 aromatic heterocycles. The van der Waals surface area contributed by atoms with Crippen LogP contribution in [0.15, 0.2) is 23.2 Å². The van der Waals surface area contributed by atoms with Gasteiger partial charge in [0.15, 0.2) is 15.0 Å². The molecule has 0 bridgehead atoms. The van der Waals surface area contributed by atoms with E-state index in [2.05, 4.69) is 10.3 Å². The highest BCUT2D eigenvalue weighted by Crippen LogP contribution is 2.45. The molecule has 2 amide bonds. The van der Waals surface area contributed by atoms with Gasteiger partial charge < -0.3 is 15.0 Å². The molecule has 2 aliphatic rings. The van der Waals surface area contributed by atoms with Crippen molar-refractivity contribution in [2.24, 2.45) is 4.99 Å². The monoisotopic (exact) mass is 493 g/mol. The first kappa shape index (κ1) is 23.2. The molecule has 12 heteroatoms. The molecule has 30 heavy (non-hydrogen) atoms. The van der Waals surface area contributed by atoms with E-state index >= 15 is 0 Å². The minimum absolute atomic E-state index is 0.0235. The normalized spacial score (nSPS) is 24.0. The fraction of sp³-hybridized carbons (Fsp3) is 0.500. The summed E-state index contributed by atoms with van der Waals surface area (Å²) in [5.74, 6) is -0.723. The number of alkyl carbamates (subject to hydrolysis) is 1. The van der Waals surface area contributed by atoms with E-state index in [1.165, 1.54) is 11.8 Å². The maximum absolute atomic E-state index is 12.4. The van der Waals surface area contributed by atoms with Gasteiger partial charge in [-0.3, -0.25) is 4.79 Å². The van der Waals surface area contributed by atoms with Gasteiger partial charge in [-0.2, -0.15) is 4.99 Å². The van der Waals surface area contributed by atoms with E-state index in [0.29, 0.717) is 20.9 Å². The van der Waals surface area contributed by atoms with Crippen LogP contribution in [-0.4, -0.2) is 60.5 Å². The van der Waals surface area contributed by atoms with Gasteiger partial charge >= 0.3 is 6.09 Å². The van der Waals surface area contributed by atoms with Crippen molar-refractivity contribution in [3.63, 3.8) is 0 Å². The van der Waals surface area contributed by atoms with Crippen molar-refractivity contribution < 1.29 is 22.7 Å². The molecule has 1 N–H and O–H groups in total. The van der Waals surface area contributed by atoms with Gasteiger partial charge in [0.1, 0.15) is 12.1 Å². The molecule has 164 valence electrons. The van der Waals surface area contributed by atoms with Gasteiger partial charge in [-0.25, -0.2) is 13.2 Å². The summed E-state index contributed by atoms with van der Waals surface area (Å²) in [5.41, 5.74) is -0.287. The van der Waals surface area contributed by atoms with Gasteiger partial charge in [-0.15, -0.1) is 0 Å². The molecule has 0 saturated carbocycles. The number of hydrogen-bond acceptors (Lipinski definition) is 6. The largest absolute Gasteiger partial charge is 0.444 e. The predicted octanol–water partition coefficient (Wildman–Crippen LogP) is 3.12. The number of amidine groups is 1. The topological polar surface area (TPSA) is 105 Å². The first-order valence-corrected chi connectivity index (χ1v) is 12.5. The number of rotatable bonds is 3. The lowest BCUT2D eigenvalue weighted by atomic mass is 10.2. The molecule has 2 unspecified atom stereocenters. The Morgan fingerprint density at radius 3 is 2.50 bits per heavy atom.